The largest absolute Gasteiger partial charge is 0.468 e. The highest BCUT2D eigenvalue weighted by Crippen LogP contribution is 2.44. The predicted octanol–water partition coefficient (Wildman–Crippen LogP) is 2.76. The molecule has 1 amide bonds. The molecule has 1 saturated carbocycles. The van der Waals surface area contributed by atoms with Crippen molar-refractivity contribution in [2.45, 2.75) is 70.2 Å². The zero-order chi connectivity index (χ0) is 22.6. The second-order valence-corrected chi connectivity index (χ2v) is 9.77. The summed E-state index contributed by atoms with van der Waals surface area (Å²) in [4.78, 5) is 26.6. The fourth-order valence-electron chi connectivity index (χ4n) is 4.53. The van der Waals surface area contributed by atoms with Crippen LogP contribution in [0.2, 0.25) is 0 Å². The number of nitrogens with zero attached hydrogens (tertiary/aromatic N) is 1. The van der Waals surface area contributed by atoms with Crippen molar-refractivity contribution in [1.29, 1.82) is 0 Å². The average Bonchev–Trinajstić information content (AvgIpc) is 3.31. The molecule has 1 aliphatic carbocycles. The molecule has 2 fully saturated rings. The Labute approximate surface area is 185 Å². The van der Waals surface area contributed by atoms with E-state index in [-0.39, 0.29) is 17.9 Å². The molecule has 7 nitrogen and oxygen atoms in total. The Bertz CT molecular complexity index is 748. The maximum absolute atomic E-state index is 12.4. The minimum atomic E-state index is -0.683. The number of nitrogens with one attached hydrogen (secondary N) is 1. The summed E-state index contributed by atoms with van der Waals surface area (Å²) in [6.45, 7) is 7.11. The number of likely N-dealkylation sites (tertiary alicyclic amines) is 1. The summed E-state index contributed by atoms with van der Waals surface area (Å²) in [5.74, 6) is 0.213. The molecule has 2 unspecified atom stereocenters. The lowest BCUT2D eigenvalue weighted by molar-refractivity contribution is -0.145. The summed E-state index contributed by atoms with van der Waals surface area (Å²) in [5, 5.41) is 14.0. The van der Waals surface area contributed by atoms with Crippen LogP contribution < -0.4 is 5.32 Å². The standard InChI is InChI=1S/C24H36N2O5/c1-24(2,3)31-23(29)25-19(13-16-9-6-5-7-10-16)21(27)18-14-17(18)15-26-12-8-11-20(26)22(28)30-4/h5-7,9-10,17-21,27H,8,11-15H2,1-4H3,(H,25,29)/t17?,18?,19-,20-,21+/m0/s1. The summed E-state index contributed by atoms with van der Waals surface area (Å²) in [5.41, 5.74) is 0.442. The van der Waals surface area contributed by atoms with Gasteiger partial charge < -0.3 is 19.9 Å². The minimum absolute atomic E-state index is 0.0857. The van der Waals surface area contributed by atoms with Crippen molar-refractivity contribution in [2.24, 2.45) is 11.8 Å². The van der Waals surface area contributed by atoms with Gasteiger partial charge in [0.25, 0.3) is 0 Å². The van der Waals surface area contributed by atoms with Crippen LogP contribution >= 0.6 is 0 Å². The van der Waals surface area contributed by atoms with Gasteiger partial charge in [0.15, 0.2) is 0 Å². The molecular formula is C24H36N2O5. The van der Waals surface area contributed by atoms with E-state index in [9.17, 15) is 14.7 Å². The molecule has 172 valence electrons. The van der Waals surface area contributed by atoms with Crippen LogP contribution in [0.4, 0.5) is 4.79 Å². The van der Waals surface area contributed by atoms with Crippen LogP contribution in [0.15, 0.2) is 30.3 Å². The Kier molecular flexibility index (Phi) is 7.59. The second-order valence-electron chi connectivity index (χ2n) is 9.77. The van der Waals surface area contributed by atoms with Gasteiger partial charge >= 0.3 is 12.1 Å². The summed E-state index contributed by atoms with van der Waals surface area (Å²) >= 11 is 0. The molecule has 2 N–H and O–H groups in total. The molecule has 1 aromatic carbocycles. The number of carbonyl (C=O) groups excluding carboxylic acids is 2. The van der Waals surface area contributed by atoms with E-state index in [1.807, 2.05) is 51.1 Å². The third-order valence-corrected chi connectivity index (χ3v) is 6.13. The van der Waals surface area contributed by atoms with E-state index in [1.165, 1.54) is 7.11 Å². The molecular weight excluding hydrogens is 396 g/mol. The maximum atomic E-state index is 12.4. The first-order chi connectivity index (χ1) is 14.7. The van der Waals surface area contributed by atoms with Crippen molar-refractivity contribution in [3.05, 3.63) is 35.9 Å². The second kappa shape index (κ2) is 10.0. The molecule has 7 heteroatoms. The quantitative estimate of drug-likeness (QED) is 0.614. The number of esters is 1. The number of rotatable bonds is 8. The van der Waals surface area contributed by atoms with Gasteiger partial charge in [-0.15, -0.1) is 0 Å². The molecule has 1 aromatic rings. The molecule has 2 aliphatic rings. The van der Waals surface area contributed by atoms with E-state index in [0.29, 0.717) is 12.3 Å². The van der Waals surface area contributed by atoms with Crippen molar-refractivity contribution < 1.29 is 24.2 Å². The SMILES string of the molecule is COC(=O)[C@@H]1CCCN1CC1CC1[C@@H](O)[C@H](Cc1ccccc1)NC(=O)OC(C)(C)C. The number of methoxy groups -OCH3 is 1. The number of aliphatic hydroxyl groups excluding tert-OH is 1. The fraction of sp³-hybridized carbons (Fsp3) is 0.667. The van der Waals surface area contributed by atoms with Crippen molar-refractivity contribution in [3.63, 3.8) is 0 Å². The lowest BCUT2D eigenvalue weighted by Crippen LogP contribution is -2.48. The van der Waals surface area contributed by atoms with Crippen LogP contribution in [0.3, 0.4) is 0 Å². The maximum Gasteiger partial charge on any atom is 0.407 e. The van der Waals surface area contributed by atoms with Gasteiger partial charge in [0.05, 0.1) is 19.3 Å². The Morgan fingerprint density at radius 3 is 2.61 bits per heavy atom. The van der Waals surface area contributed by atoms with E-state index < -0.39 is 23.8 Å². The molecule has 0 spiro atoms. The lowest BCUT2D eigenvalue weighted by Gasteiger charge is -2.28. The number of benzene rings is 1. The zero-order valence-corrected chi connectivity index (χ0v) is 19.0. The number of carbonyl (C=O) groups is 2. The molecule has 1 saturated heterocycles. The summed E-state index contributed by atoms with van der Waals surface area (Å²) in [6.07, 6.45) is 2.01. The Morgan fingerprint density at radius 1 is 1.26 bits per heavy atom. The first-order valence-corrected chi connectivity index (χ1v) is 11.2. The Hall–Kier alpha value is -2.12. The van der Waals surface area contributed by atoms with Gasteiger partial charge in [-0.1, -0.05) is 30.3 Å². The first kappa shape index (κ1) is 23.5. The highest BCUT2D eigenvalue weighted by atomic mass is 16.6. The Morgan fingerprint density at radius 2 is 1.97 bits per heavy atom. The van der Waals surface area contributed by atoms with Crippen LogP contribution in [0.5, 0.6) is 0 Å². The van der Waals surface area contributed by atoms with Crippen molar-refractivity contribution in [1.82, 2.24) is 10.2 Å². The monoisotopic (exact) mass is 432 g/mol. The van der Waals surface area contributed by atoms with Crippen molar-refractivity contribution >= 4 is 12.1 Å². The van der Waals surface area contributed by atoms with Gasteiger partial charge in [0.1, 0.15) is 11.6 Å². The zero-order valence-electron chi connectivity index (χ0n) is 19.0. The van der Waals surface area contributed by atoms with Crippen molar-refractivity contribution in [2.75, 3.05) is 20.2 Å². The highest BCUT2D eigenvalue weighted by Gasteiger charge is 2.48. The first-order valence-electron chi connectivity index (χ1n) is 11.2. The molecule has 0 aromatic heterocycles. The van der Waals surface area contributed by atoms with Gasteiger partial charge in [0, 0.05) is 6.54 Å². The topological polar surface area (TPSA) is 88.1 Å². The lowest BCUT2D eigenvalue weighted by atomic mass is 9.97. The fourth-order valence-corrected chi connectivity index (χ4v) is 4.53. The van der Waals surface area contributed by atoms with E-state index in [2.05, 4.69) is 10.2 Å². The predicted molar refractivity (Wildman–Crippen MR) is 118 cm³/mol. The summed E-state index contributed by atoms with van der Waals surface area (Å²) in [6, 6.07) is 9.21. The number of hydrogen-bond donors (Lipinski definition) is 2. The van der Waals surface area contributed by atoms with Gasteiger partial charge in [-0.2, -0.15) is 0 Å². The minimum Gasteiger partial charge on any atom is -0.468 e. The van der Waals surface area contributed by atoms with E-state index in [4.69, 9.17) is 9.47 Å². The number of amides is 1. The van der Waals surface area contributed by atoms with Gasteiger partial charge in [-0.3, -0.25) is 9.69 Å². The summed E-state index contributed by atoms with van der Waals surface area (Å²) < 4.78 is 10.4. The molecule has 3 rings (SSSR count). The van der Waals surface area contributed by atoms with E-state index in [1.54, 1.807) is 0 Å². The molecule has 1 heterocycles. The van der Waals surface area contributed by atoms with Crippen LogP contribution in [0, 0.1) is 11.8 Å². The average molecular weight is 433 g/mol. The Balaban J connectivity index is 1.62. The van der Waals surface area contributed by atoms with Crippen LogP contribution in [-0.2, 0) is 20.7 Å². The molecule has 5 atom stereocenters. The number of alkyl carbamates (subject to hydrolysis) is 1. The number of aliphatic hydroxyl groups is 1. The van der Waals surface area contributed by atoms with Crippen LogP contribution in [-0.4, -0.2) is 66.1 Å². The van der Waals surface area contributed by atoms with Crippen LogP contribution in [0.25, 0.3) is 0 Å². The van der Waals surface area contributed by atoms with Gasteiger partial charge in [0.2, 0.25) is 0 Å². The molecule has 1 aliphatic heterocycles. The van der Waals surface area contributed by atoms with E-state index >= 15 is 0 Å². The van der Waals surface area contributed by atoms with E-state index in [0.717, 1.165) is 37.9 Å². The van der Waals surface area contributed by atoms with Crippen LogP contribution in [0.1, 0.15) is 45.6 Å². The summed E-state index contributed by atoms with van der Waals surface area (Å²) in [7, 11) is 1.43. The molecule has 0 radical (unpaired) electrons. The number of hydrogen-bond acceptors (Lipinski definition) is 6. The normalized spacial score (nSPS) is 25.5. The molecule has 0 bridgehead atoms. The van der Waals surface area contributed by atoms with Gasteiger partial charge in [-0.05, 0) is 70.4 Å². The van der Waals surface area contributed by atoms with Gasteiger partial charge in [-0.25, -0.2) is 4.79 Å². The molecule has 31 heavy (non-hydrogen) atoms. The van der Waals surface area contributed by atoms with Crippen molar-refractivity contribution in [3.8, 4) is 0 Å². The highest BCUT2D eigenvalue weighted by molar-refractivity contribution is 5.76. The smallest absolute Gasteiger partial charge is 0.407 e. The third-order valence-electron chi connectivity index (χ3n) is 6.13. The number of ether oxygens (including phenoxy) is 2. The third kappa shape index (κ3) is 6.68.